The molecule has 5 N–H and O–H groups in total. The van der Waals surface area contributed by atoms with E-state index in [0.717, 1.165) is 11.1 Å². The van der Waals surface area contributed by atoms with Gasteiger partial charge in [-0.2, -0.15) is 0 Å². The molecule has 30 heavy (non-hydrogen) atoms. The van der Waals surface area contributed by atoms with Gasteiger partial charge in [-0.1, -0.05) is 29.8 Å². The zero-order chi connectivity index (χ0) is 21.8. The van der Waals surface area contributed by atoms with E-state index < -0.39 is 6.04 Å². The van der Waals surface area contributed by atoms with Crippen molar-refractivity contribution in [3.63, 3.8) is 0 Å². The van der Waals surface area contributed by atoms with E-state index in [1.807, 2.05) is 30.3 Å². The Bertz CT molecular complexity index is 1060. The summed E-state index contributed by atoms with van der Waals surface area (Å²) in [6.45, 7) is 1.24. The Morgan fingerprint density at radius 1 is 1.27 bits per heavy atom. The Hall–Kier alpha value is -3.29. The van der Waals surface area contributed by atoms with Crippen LogP contribution in [-0.4, -0.2) is 48.4 Å². The number of hydrogen-bond acceptors (Lipinski definition) is 6. The minimum atomic E-state index is -0.818. The standard InChI is InChI=1S/C22H23ClN6O/c1-13(25)29-20-8-5-15(16(10-24)11-27-2)9-18(20)21(28-19(12-30)22(29)26)14-3-6-17(23)7-4-14/h3-11,19,24-27,30H,12H2,1-2H3/b16-11+,24-10?,25-13?,26-22?/t19-/m0/s1. The number of hydrogen-bond donors (Lipinski definition) is 5. The van der Waals surface area contributed by atoms with Crippen molar-refractivity contribution in [3.8, 4) is 0 Å². The van der Waals surface area contributed by atoms with Crippen molar-refractivity contribution in [3.05, 3.63) is 70.4 Å². The van der Waals surface area contributed by atoms with Crippen molar-refractivity contribution in [1.82, 2.24) is 5.32 Å². The number of aliphatic imine (C=N–C) groups is 1. The third kappa shape index (κ3) is 4.03. The van der Waals surface area contributed by atoms with Crippen molar-refractivity contribution >= 4 is 46.5 Å². The predicted octanol–water partition coefficient (Wildman–Crippen LogP) is 3.54. The van der Waals surface area contributed by atoms with E-state index in [1.165, 1.54) is 11.1 Å². The van der Waals surface area contributed by atoms with Gasteiger partial charge in [-0.3, -0.25) is 20.7 Å². The highest BCUT2D eigenvalue weighted by atomic mass is 35.5. The van der Waals surface area contributed by atoms with E-state index in [9.17, 15) is 5.11 Å². The number of rotatable bonds is 5. The highest BCUT2D eigenvalue weighted by molar-refractivity contribution is 6.31. The number of nitrogens with one attached hydrogen (secondary N) is 4. The van der Waals surface area contributed by atoms with E-state index in [0.29, 0.717) is 27.6 Å². The van der Waals surface area contributed by atoms with E-state index in [1.54, 1.807) is 32.3 Å². The number of benzodiazepines with no additional fused rings is 1. The number of allylic oxidation sites excluding steroid dienone is 1. The van der Waals surface area contributed by atoms with Crippen LogP contribution in [0, 0.1) is 16.2 Å². The van der Waals surface area contributed by atoms with Crippen molar-refractivity contribution < 1.29 is 5.11 Å². The predicted molar refractivity (Wildman–Crippen MR) is 124 cm³/mol. The zero-order valence-corrected chi connectivity index (χ0v) is 17.5. The lowest BCUT2D eigenvalue weighted by molar-refractivity contribution is 0.290. The lowest BCUT2D eigenvalue weighted by atomic mass is 9.96. The lowest BCUT2D eigenvalue weighted by Gasteiger charge is -2.26. The van der Waals surface area contributed by atoms with Crippen LogP contribution >= 0.6 is 11.6 Å². The van der Waals surface area contributed by atoms with Gasteiger partial charge in [0.05, 0.1) is 18.0 Å². The van der Waals surface area contributed by atoms with Crippen LogP contribution in [0.25, 0.3) is 5.57 Å². The molecule has 2 aromatic carbocycles. The normalized spacial score (nSPS) is 16.5. The molecule has 0 amide bonds. The fourth-order valence-electron chi connectivity index (χ4n) is 3.36. The van der Waals surface area contributed by atoms with Crippen LogP contribution in [0.5, 0.6) is 0 Å². The highest BCUT2D eigenvalue weighted by Crippen LogP contribution is 2.32. The minimum absolute atomic E-state index is 0.0287. The molecule has 3 rings (SSSR count). The number of anilines is 1. The number of amidine groups is 2. The smallest absolute Gasteiger partial charge is 0.134 e. The van der Waals surface area contributed by atoms with E-state index >= 15 is 0 Å². The summed E-state index contributed by atoms with van der Waals surface area (Å²) in [6.07, 6.45) is 2.98. The van der Waals surface area contributed by atoms with Gasteiger partial charge in [-0.15, -0.1) is 0 Å². The molecule has 0 saturated carbocycles. The van der Waals surface area contributed by atoms with Gasteiger partial charge in [0.15, 0.2) is 0 Å². The molecule has 1 heterocycles. The van der Waals surface area contributed by atoms with E-state index in [4.69, 9.17) is 27.8 Å². The van der Waals surface area contributed by atoms with Crippen LogP contribution in [0.3, 0.4) is 0 Å². The molecule has 1 aliphatic heterocycles. The Balaban J connectivity index is 2.33. The summed E-state index contributed by atoms with van der Waals surface area (Å²) in [5.41, 5.74) is 4.15. The Kier molecular flexibility index (Phi) is 6.44. The summed E-state index contributed by atoms with van der Waals surface area (Å²) < 4.78 is 0. The first kappa shape index (κ1) is 21.4. The molecule has 7 nitrogen and oxygen atoms in total. The second-order valence-corrected chi connectivity index (χ2v) is 7.19. The van der Waals surface area contributed by atoms with Gasteiger partial charge in [0.2, 0.25) is 0 Å². The zero-order valence-electron chi connectivity index (χ0n) is 16.7. The monoisotopic (exact) mass is 422 g/mol. The molecule has 1 aliphatic rings. The van der Waals surface area contributed by atoms with Gasteiger partial charge in [-0.25, -0.2) is 0 Å². The molecule has 0 spiro atoms. The van der Waals surface area contributed by atoms with Crippen LogP contribution in [0.1, 0.15) is 23.6 Å². The highest BCUT2D eigenvalue weighted by Gasteiger charge is 2.30. The average molecular weight is 423 g/mol. The number of aliphatic hydroxyl groups excluding tert-OH is 1. The Morgan fingerprint density at radius 3 is 2.53 bits per heavy atom. The van der Waals surface area contributed by atoms with Gasteiger partial charge in [0.25, 0.3) is 0 Å². The molecule has 0 radical (unpaired) electrons. The van der Waals surface area contributed by atoms with Gasteiger partial charge >= 0.3 is 0 Å². The van der Waals surface area contributed by atoms with Crippen LogP contribution in [0.4, 0.5) is 5.69 Å². The molecule has 0 fully saturated rings. The number of halogens is 1. The molecule has 0 aliphatic carbocycles. The van der Waals surface area contributed by atoms with Gasteiger partial charge in [0, 0.05) is 41.2 Å². The first-order valence-electron chi connectivity index (χ1n) is 9.32. The molecule has 0 unspecified atom stereocenters. The molecule has 2 aromatic rings. The molecule has 0 saturated heterocycles. The average Bonchev–Trinajstić information content (AvgIpc) is 2.86. The Morgan fingerprint density at radius 2 is 1.97 bits per heavy atom. The maximum absolute atomic E-state index is 9.91. The maximum Gasteiger partial charge on any atom is 0.134 e. The van der Waals surface area contributed by atoms with Crippen molar-refractivity contribution in [2.75, 3.05) is 18.6 Å². The molecule has 0 bridgehead atoms. The van der Waals surface area contributed by atoms with Crippen LogP contribution in [0.15, 0.2) is 53.7 Å². The fraction of sp³-hybridized carbons (Fsp3) is 0.182. The summed E-state index contributed by atoms with van der Waals surface area (Å²) in [7, 11) is 1.76. The van der Waals surface area contributed by atoms with E-state index in [-0.39, 0.29) is 18.3 Å². The van der Waals surface area contributed by atoms with Crippen molar-refractivity contribution in [1.29, 1.82) is 16.2 Å². The third-order valence-corrected chi connectivity index (χ3v) is 5.00. The summed E-state index contributed by atoms with van der Waals surface area (Å²) in [4.78, 5) is 6.17. The van der Waals surface area contributed by atoms with Crippen molar-refractivity contribution in [2.45, 2.75) is 13.0 Å². The third-order valence-electron chi connectivity index (χ3n) is 4.75. The first-order chi connectivity index (χ1) is 14.4. The summed E-state index contributed by atoms with van der Waals surface area (Å²) in [6, 6.07) is 11.9. The van der Waals surface area contributed by atoms with Crippen LogP contribution < -0.4 is 10.2 Å². The number of benzene rings is 2. The minimum Gasteiger partial charge on any atom is -0.394 e. The summed E-state index contributed by atoms with van der Waals surface area (Å²) >= 11 is 6.06. The van der Waals surface area contributed by atoms with Gasteiger partial charge in [-0.05, 0) is 36.8 Å². The van der Waals surface area contributed by atoms with Crippen molar-refractivity contribution in [2.24, 2.45) is 4.99 Å². The summed E-state index contributed by atoms with van der Waals surface area (Å²) in [5.74, 6) is 0.180. The van der Waals surface area contributed by atoms with E-state index in [2.05, 4.69) is 10.3 Å². The molecule has 8 heteroatoms. The Labute approximate surface area is 180 Å². The molecule has 154 valence electrons. The van der Waals surface area contributed by atoms with Gasteiger partial charge in [0.1, 0.15) is 17.7 Å². The number of aliphatic hydroxyl groups is 1. The lowest BCUT2D eigenvalue weighted by Crippen LogP contribution is -2.41. The van der Waals surface area contributed by atoms with Gasteiger partial charge < -0.3 is 15.8 Å². The second kappa shape index (κ2) is 9.02. The maximum atomic E-state index is 9.91. The number of fused-ring (bicyclic) bond motifs is 1. The quantitative estimate of drug-likeness (QED) is 0.374. The van der Waals surface area contributed by atoms with Crippen LogP contribution in [0.2, 0.25) is 5.02 Å². The fourth-order valence-corrected chi connectivity index (χ4v) is 3.48. The SMILES string of the molecule is CN/C=C(\C=N)c1ccc2c(c1)C(c1ccc(Cl)cc1)=N[C@@H](CO)C(=N)N2C(C)=N. The second-order valence-electron chi connectivity index (χ2n) is 6.75. The molecule has 0 aromatic heterocycles. The molecule has 1 atom stereocenters. The topological polar surface area (TPSA) is 119 Å². The summed E-state index contributed by atoms with van der Waals surface area (Å²) in [5, 5.41) is 38.0. The number of nitrogens with zero attached hydrogens (tertiary/aromatic N) is 2. The molecular formula is C22H23ClN6O. The first-order valence-corrected chi connectivity index (χ1v) is 9.70. The largest absolute Gasteiger partial charge is 0.394 e. The molecular weight excluding hydrogens is 400 g/mol. The van der Waals surface area contributed by atoms with Crippen LogP contribution in [-0.2, 0) is 0 Å².